The van der Waals surface area contributed by atoms with Gasteiger partial charge in [0.15, 0.2) is 9.84 Å². The van der Waals surface area contributed by atoms with Gasteiger partial charge >= 0.3 is 0 Å². The molecule has 17 heavy (non-hydrogen) atoms. The Labute approximate surface area is 104 Å². The Balaban J connectivity index is 1.99. The van der Waals surface area contributed by atoms with Crippen LogP contribution < -0.4 is 0 Å². The minimum atomic E-state index is -3.07. The van der Waals surface area contributed by atoms with Crippen LogP contribution in [0.5, 0.6) is 0 Å². The molecular weight excluding hydrogens is 232 g/mol. The molecule has 1 aromatic rings. The van der Waals surface area contributed by atoms with Crippen molar-refractivity contribution in [2.75, 3.05) is 5.75 Å². The molecule has 0 unspecified atom stereocenters. The first-order chi connectivity index (χ1) is 8.09. The van der Waals surface area contributed by atoms with Gasteiger partial charge in [0.1, 0.15) is 0 Å². The SMILES string of the molecule is C[C@H]1CCC[C@@H]1CCS(=O)(=O)c1ccccc1. The van der Waals surface area contributed by atoms with Gasteiger partial charge in [-0.2, -0.15) is 0 Å². The number of benzene rings is 1. The molecule has 1 aliphatic carbocycles. The predicted molar refractivity (Wildman–Crippen MR) is 69.6 cm³/mol. The average Bonchev–Trinajstić information content (AvgIpc) is 2.74. The highest BCUT2D eigenvalue weighted by atomic mass is 32.2. The van der Waals surface area contributed by atoms with E-state index in [1.807, 2.05) is 6.07 Å². The molecule has 2 nitrogen and oxygen atoms in total. The van der Waals surface area contributed by atoms with Crippen molar-refractivity contribution in [1.29, 1.82) is 0 Å². The second-order valence-corrected chi connectivity index (χ2v) is 7.20. The highest BCUT2D eigenvalue weighted by Gasteiger charge is 2.25. The summed E-state index contributed by atoms with van der Waals surface area (Å²) in [5, 5.41) is 0. The van der Waals surface area contributed by atoms with Crippen molar-refractivity contribution >= 4 is 9.84 Å². The van der Waals surface area contributed by atoms with Crippen LogP contribution in [0.2, 0.25) is 0 Å². The van der Waals surface area contributed by atoms with Crippen molar-refractivity contribution in [2.45, 2.75) is 37.5 Å². The fraction of sp³-hybridized carbons (Fsp3) is 0.571. The van der Waals surface area contributed by atoms with Crippen LogP contribution in [0.4, 0.5) is 0 Å². The van der Waals surface area contributed by atoms with Crippen LogP contribution in [0.3, 0.4) is 0 Å². The van der Waals surface area contributed by atoms with Crippen LogP contribution in [-0.4, -0.2) is 14.2 Å². The van der Waals surface area contributed by atoms with Crippen molar-refractivity contribution in [3.8, 4) is 0 Å². The first-order valence-corrected chi connectivity index (χ1v) is 8.02. The molecule has 2 rings (SSSR count). The number of hydrogen-bond acceptors (Lipinski definition) is 2. The summed E-state index contributed by atoms with van der Waals surface area (Å²) in [6.07, 6.45) is 4.54. The summed E-state index contributed by atoms with van der Waals surface area (Å²) < 4.78 is 24.2. The first kappa shape index (κ1) is 12.6. The maximum absolute atomic E-state index is 12.1. The van der Waals surface area contributed by atoms with E-state index in [1.165, 1.54) is 19.3 Å². The van der Waals surface area contributed by atoms with Crippen molar-refractivity contribution < 1.29 is 8.42 Å². The molecule has 1 fully saturated rings. The van der Waals surface area contributed by atoms with Gasteiger partial charge in [-0.05, 0) is 30.4 Å². The van der Waals surface area contributed by atoms with Gasteiger partial charge in [0.05, 0.1) is 10.6 Å². The molecule has 0 radical (unpaired) electrons. The van der Waals surface area contributed by atoms with Gasteiger partial charge in [-0.3, -0.25) is 0 Å². The lowest BCUT2D eigenvalue weighted by molar-refractivity contribution is 0.407. The van der Waals surface area contributed by atoms with E-state index < -0.39 is 9.84 Å². The molecule has 0 heterocycles. The van der Waals surface area contributed by atoms with E-state index in [2.05, 4.69) is 6.92 Å². The minimum absolute atomic E-state index is 0.298. The quantitative estimate of drug-likeness (QED) is 0.824. The fourth-order valence-electron chi connectivity index (χ4n) is 2.70. The highest BCUT2D eigenvalue weighted by molar-refractivity contribution is 7.91. The summed E-state index contributed by atoms with van der Waals surface area (Å²) in [4.78, 5) is 0.464. The second-order valence-electron chi connectivity index (χ2n) is 5.09. The molecule has 0 amide bonds. The zero-order valence-corrected chi connectivity index (χ0v) is 11.1. The number of sulfone groups is 1. The van der Waals surface area contributed by atoms with E-state index in [-0.39, 0.29) is 0 Å². The summed E-state index contributed by atoms with van der Waals surface area (Å²) in [5.41, 5.74) is 0. The molecule has 0 spiro atoms. The normalized spacial score (nSPS) is 25.0. The Hall–Kier alpha value is -0.830. The lowest BCUT2D eigenvalue weighted by Crippen LogP contribution is -2.13. The molecule has 0 aromatic heterocycles. The Morgan fingerprint density at radius 2 is 1.88 bits per heavy atom. The van der Waals surface area contributed by atoms with Gasteiger partial charge < -0.3 is 0 Å². The fourth-order valence-corrected chi connectivity index (χ4v) is 4.12. The molecule has 0 bridgehead atoms. The van der Waals surface area contributed by atoms with E-state index in [1.54, 1.807) is 24.3 Å². The third-order valence-corrected chi connectivity index (χ3v) is 5.66. The van der Waals surface area contributed by atoms with Gasteiger partial charge in [-0.25, -0.2) is 8.42 Å². The molecule has 1 aromatic carbocycles. The smallest absolute Gasteiger partial charge is 0.178 e. The summed E-state index contributed by atoms with van der Waals surface area (Å²) in [5.74, 6) is 1.60. The molecule has 94 valence electrons. The van der Waals surface area contributed by atoms with Crippen molar-refractivity contribution in [2.24, 2.45) is 11.8 Å². The van der Waals surface area contributed by atoms with Crippen LogP contribution in [0.1, 0.15) is 32.6 Å². The van der Waals surface area contributed by atoms with Crippen LogP contribution in [0.15, 0.2) is 35.2 Å². The van der Waals surface area contributed by atoms with E-state index >= 15 is 0 Å². The largest absolute Gasteiger partial charge is 0.224 e. The van der Waals surface area contributed by atoms with E-state index in [0.29, 0.717) is 22.5 Å². The van der Waals surface area contributed by atoms with Crippen molar-refractivity contribution in [3.63, 3.8) is 0 Å². The summed E-state index contributed by atoms with van der Waals surface area (Å²) in [6.45, 7) is 2.24. The molecular formula is C14H20O2S. The molecule has 0 aliphatic heterocycles. The highest BCUT2D eigenvalue weighted by Crippen LogP contribution is 2.34. The Morgan fingerprint density at radius 1 is 1.18 bits per heavy atom. The third-order valence-electron chi connectivity index (χ3n) is 3.90. The van der Waals surface area contributed by atoms with Crippen molar-refractivity contribution in [1.82, 2.24) is 0 Å². The van der Waals surface area contributed by atoms with Crippen LogP contribution in [-0.2, 0) is 9.84 Å². The topological polar surface area (TPSA) is 34.1 Å². The number of hydrogen-bond donors (Lipinski definition) is 0. The lowest BCUT2D eigenvalue weighted by atomic mass is 9.96. The molecule has 2 atom stereocenters. The van der Waals surface area contributed by atoms with E-state index in [0.717, 1.165) is 6.42 Å². The van der Waals surface area contributed by atoms with Gasteiger partial charge in [0.25, 0.3) is 0 Å². The van der Waals surface area contributed by atoms with Crippen LogP contribution in [0, 0.1) is 11.8 Å². The van der Waals surface area contributed by atoms with Crippen LogP contribution in [0.25, 0.3) is 0 Å². The second kappa shape index (κ2) is 5.21. The Bertz CT molecular complexity index is 450. The molecule has 0 N–H and O–H groups in total. The van der Waals surface area contributed by atoms with Crippen LogP contribution >= 0.6 is 0 Å². The minimum Gasteiger partial charge on any atom is -0.224 e. The standard InChI is InChI=1S/C14H20O2S/c1-12-6-5-7-13(12)10-11-17(15,16)14-8-3-2-4-9-14/h2-4,8-9,12-13H,5-7,10-11H2,1H3/t12-,13+/m0/s1. The van der Waals surface area contributed by atoms with Gasteiger partial charge in [-0.1, -0.05) is 44.4 Å². The van der Waals surface area contributed by atoms with E-state index in [4.69, 9.17) is 0 Å². The Morgan fingerprint density at radius 3 is 2.47 bits per heavy atom. The molecule has 1 saturated carbocycles. The van der Waals surface area contributed by atoms with Gasteiger partial charge in [0.2, 0.25) is 0 Å². The van der Waals surface area contributed by atoms with Gasteiger partial charge in [-0.15, -0.1) is 0 Å². The predicted octanol–water partition coefficient (Wildman–Crippen LogP) is 3.29. The maximum atomic E-state index is 12.1. The number of rotatable bonds is 4. The maximum Gasteiger partial charge on any atom is 0.178 e. The first-order valence-electron chi connectivity index (χ1n) is 6.37. The summed E-state index contributed by atoms with van der Waals surface area (Å²) in [7, 11) is -3.07. The van der Waals surface area contributed by atoms with Crippen molar-refractivity contribution in [3.05, 3.63) is 30.3 Å². The lowest BCUT2D eigenvalue weighted by Gasteiger charge is -2.14. The molecule has 0 saturated heterocycles. The Kier molecular flexibility index (Phi) is 3.87. The molecule has 1 aliphatic rings. The summed E-state index contributed by atoms with van der Waals surface area (Å²) in [6, 6.07) is 8.79. The van der Waals surface area contributed by atoms with E-state index in [9.17, 15) is 8.42 Å². The third kappa shape index (κ3) is 3.09. The summed E-state index contributed by atoms with van der Waals surface area (Å²) >= 11 is 0. The average molecular weight is 252 g/mol. The zero-order valence-electron chi connectivity index (χ0n) is 10.3. The monoisotopic (exact) mass is 252 g/mol. The molecule has 3 heteroatoms. The zero-order chi connectivity index (χ0) is 12.3. The van der Waals surface area contributed by atoms with Gasteiger partial charge in [0, 0.05) is 0 Å².